The first-order valence-electron chi connectivity index (χ1n) is 7.02. The maximum absolute atomic E-state index is 14.0. The minimum absolute atomic E-state index is 0.0963. The number of anilines is 1. The molecule has 0 N–H and O–H groups in total. The van der Waals surface area contributed by atoms with Crippen LogP contribution in [0, 0.1) is 31.9 Å². The Morgan fingerprint density at radius 1 is 1.04 bits per heavy atom. The van der Waals surface area contributed by atoms with Crippen molar-refractivity contribution in [3.63, 3.8) is 0 Å². The summed E-state index contributed by atoms with van der Waals surface area (Å²) in [6, 6.07) is 4.95. The minimum atomic E-state index is -1.52. The van der Waals surface area contributed by atoms with Crippen molar-refractivity contribution in [2.75, 3.05) is 11.4 Å². The van der Waals surface area contributed by atoms with E-state index in [0.29, 0.717) is 24.1 Å². The van der Waals surface area contributed by atoms with Crippen LogP contribution in [-0.2, 0) is 6.42 Å². The Labute approximate surface area is 138 Å². The second kappa shape index (κ2) is 5.89. The molecule has 0 spiro atoms. The molecule has 0 fully saturated rings. The topological polar surface area (TPSA) is 107 Å². The molecule has 0 aromatic heterocycles. The number of benzene rings is 2. The standard InChI is InChI=1S/C15H9F2N3O5/c16-12-6-10(20(24)25)5-11(14(12)17)15(21)18-4-3-8-1-2-9(19(22)23)7-13(8)18/h1-2,5-7H,3-4H2. The van der Waals surface area contributed by atoms with Gasteiger partial charge in [0.1, 0.15) is 0 Å². The van der Waals surface area contributed by atoms with Crippen molar-refractivity contribution in [2.45, 2.75) is 6.42 Å². The molecule has 0 saturated heterocycles. The largest absolute Gasteiger partial charge is 0.307 e. The van der Waals surface area contributed by atoms with Crippen LogP contribution in [-0.4, -0.2) is 22.3 Å². The lowest BCUT2D eigenvalue weighted by molar-refractivity contribution is -0.385. The molecule has 8 nitrogen and oxygen atoms in total. The predicted molar refractivity (Wildman–Crippen MR) is 81.5 cm³/mol. The smallest absolute Gasteiger partial charge is 0.273 e. The van der Waals surface area contributed by atoms with Crippen molar-refractivity contribution in [2.24, 2.45) is 0 Å². The molecule has 0 atom stereocenters. The maximum Gasteiger partial charge on any atom is 0.273 e. The summed E-state index contributed by atoms with van der Waals surface area (Å²) in [4.78, 5) is 33.7. The van der Waals surface area contributed by atoms with Gasteiger partial charge in [-0.25, -0.2) is 8.78 Å². The van der Waals surface area contributed by atoms with Gasteiger partial charge in [0.15, 0.2) is 11.6 Å². The van der Waals surface area contributed by atoms with E-state index in [1.54, 1.807) is 0 Å². The Morgan fingerprint density at radius 2 is 1.72 bits per heavy atom. The summed E-state index contributed by atoms with van der Waals surface area (Å²) in [7, 11) is 0. The Balaban J connectivity index is 2.06. The first-order chi connectivity index (χ1) is 11.8. The van der Waals surface area contributed by atoms with Gasteiger partial charge in [0.2, 0.25) is 0 Å². The van der Waals surface area contributed by atoms with E-state index >= 15 is 0 Å². The van der Waals surface area contributed by atoms with E-state index in [9.17, 15) is 33.8 Å². The number of nitro benzene ring substituents is 2. The average Bonchev–Trinajstić information content (AvgIpc) is 2.99. The van der Waals surface area contributed by atoms with Crippen LogP contribution >= 0.6 is 0 Å². The zero-order valence-electron chi connectivity index (χ0n) is 12.4. The monoisotopic (exact) mass is 349 g/mol. The maximum atomic E-state index is 14.0. The number of hydrogen-bond acceptors (Lipinski definition) is 5. The van der Waals surface area contributed by atoms with E-state index < -0.39 is 38.6 Å². The van der Waals surface area contributed by atoms with Crippen molar-refractivity contribution < 1.29 is 23.4 Å². The molecule has 2 aromatic rings. The van der Waals surface area contributed by atoms with Crippen molar-refractivity contribution in [1.82, 2.24) is 0 Å². The third-order valence-corrected chi connectivity index (χ3v) is 3.87. The number of non-ortho nitro benzene ring substituents is 2. The molecular weight excluding hydrogens is 340 g/mol. The van der Waals surface area contributed by atoms with Crippen molar-refractivity contribution in [3.8, 4) is 0 Å². The third kappa shape index (κ3) is 2.77. The number of fused-ring (bicyclic) bond motifs is 1. The van der Waals surface area contributed by atoms with Crippen molar-refractivity contribution >= 4 is 23.0 Å². The van der Waals surface area contributed by atoms with E-state index in [-0.39, 0.29) is 17.9 Å². The number of amides is 1. The lowest BCUT2D eigenvalue weighted by Crippen LogP contribution is -2.30. The number of carbonyl (C=O) groups is 1. The number of nitrogens with zero attached hydrogens (tertiary/aromatic N) is 3. The summed E-state index contributed by atoms with van der Waals surface area (Å²) >= 11 is 0. The highest BCUT2D eigenvalue weighted by molar-refractivity contribution is 6.08. The number of hydrogen-bond donors (Lipinski definition) is 0. The number of halogens is 2. The molecule has 1 amide bonds. The SMILES string of the molecule is O=C(c1cc([N+](=O)[O-])cc(F)c1F)N1CCc2ccc([N+](=O)[O-])cc21. The molecule has 3 rings (SSSR count). The molecule has 0 unspecified atom stereocenters. The molecule has 0 bridgehead atoms. The molecule has 1 heterocycles. The molecule has 1 aliphatic rings. The van der Waals surface area contributed by atoms with Gasteiger partial charge in [-0.3, -0.25) is 25.0 Å². The highest BCUT2D eigenvalue weighted by atomic mass is 19.2. The fraction of sp³-hybridized carbons (Fsp3) is 0.133. The van der Waals surface area contributed by atoms with Gasteiger partial charge in [0, 0.05) is 24.7 Å². The second-order valence-corrected chi connectivity index (χ2v) is 5.32. The van der Waals surface area contributed by atoms with Gasteiger partial charge < -0.3 is 4.90 Å². The number of rotatable bonds is 3. The summed E-state index contributed by atoms with van der Waals surface area (Å²) in [6.07, 6.45) is 0.373. The highest BCUT2D eigenvalue weighted by Crippen LogP contribution is 2.33. The van der Waals surface area contributed by atoms with Crippen LogP contribution in [0.1, 0.15) is 15.9 Å². The summed E-state index contributed by atoms with van der Waals surface area (Å²) in [5.74, 6) is -4.02. The van der Waals surface area contributed by atoms with E-state index in [1.807, 2.05) is 0 Å². The highest BCUT2D eigenvalue weighted by Gasteiger charge is 2.31. The molecule has 0 aliphatic carbocycles. The van der Waals surface area contributed by atoms with E-state index in [4.69, 9.17) is 0 Å². The van der Waals surface area contributed by atoms with Gasteiger partial charge >= 0.3 is 0 Å². The molecule has 1 aliphatic heterocycles. The van der Waals surface area contributed by atoms with E-state index in [2.05, 4.69) is 0 Å². The number of nitro groups is 2. The predicted octanol–water partition coefficient (Wildman–Crippen LogP) is 2.98. The molecule has 0 radical (unpaired) electrons. The van der Waals surface area contributed by atoms with Gasteiger partial charge in [-0.1, -0.05) is 6.07 Å². The summed E-state index contributed by atoms with van der Waals surface area (Å²) in [5, 5.41) is 21.7. The Kier molecular flexibility index (Phi) is 3.87. The van der Waals surface area contributed by atoms with E-state index in [1.165, 1.54) is 12.1 Å². The van der Waals surface area contributed by atoms with Crippen LogP contribution in [0.4, 0.5) is 25.8 Å². The van der Waals surface area contributed by atoms with Gasteiger partial charge in [-0.05, 0) is 12.0 Å². The van der Waals surface area contributed by atoms with E-state index in [0.717, 1.165) is 11.0 Å². The lowest BCUT2D eigenvalue weighted by atomic mass is 10.1. The average molecular weight is 349 g/mol. The summed E-state index contributed by atoms with van der Waals surface area (Å²) in [6.45, 7) is 0.0963. The second-order valence-electron chi connectivity index (χ2n) is 5.32. The van der Waals surface area contributed by atoms with Crippen LogP contribution in [0.3, 0.4) is 0 Å². The van der Waals surface area contributed by atoms with Crippen LogP contribution in [0.2, 0.25) is 0 Å². The fourth-order valence-corrected chi connectivity index (χ4v) is 2.67. The number of carbonyl (C=O) groups excluding carboxylic acids is 1. The Bertz CT molecular complexity index is 932. The first kappa shape index (κ1) is 16.4. The Morgan fingerprint density at radius 3 is 2.36 bits per heavy atom. The minimum Gasteiger partial charge on any atom is -0.307 e. The fourth-order valence-electron chi connectivity index (χ4n) is 2.67. The van der Waals surface area contributed by atoms with Crippen molar-refractivity contribution in [3.05, 3.63) is 73.3 Å². The van der Waals surface area contributed by atoms with Crippen LogP contribution in [0.5, 0.6) is 0 Å². The molecule has 0 saturated carbocycles. The first-order valence-corrected chi connectivity index (χ1v) is 7.02. The molecular formula is C15H9F2N3O5. The summed E-state index contributed by atoms with van der Waals surface area (Å²) in [5.41, 5.74) is -0.994. The molecule has 2 aromatic carbocycles. The molecule has 128 valence electrons. The van der Waals surface area contributed by atoms with Gasteiger partial charge in [0.25, 0.3) is 17.3 Å². The molecule has 25 heavy (non-hydrogen) atoms. The summed E-state index contributed by atoms with van der Waals surface area (Å²) < 4.78 is 27.6. The van der Waals surface area contributed by atoms with Gasteiger partial charge in [-0.2, -0.15) is 0 Å². The van der Waals surface area contributed by atoms with Crippen molar-refractivity contribution in [1.29, 1.82) is 0 Å². The van der Waals surface area contributed by atoms with Crippen LogP contribution in [0.15, 0.2) is 30.3 Å². The lowest BCUT2D eigenvalue weighted by Gasteiger charge is -2.17. The zero-order valence-corrected chi connectivity index (χ0v) is 12.4. The zero-order chi connectivity index (χ0) is 18.3. The normalized spacial score (nSPS) is 12.8. The Hall–Kier alpha value is -3.43. The third-order valence-electron chi connectivity index (χ3n) is 3.87. The quantitative estimate of drug-likeness (QED) is 0.625. The molecule has 10 heteroatoms. The van der Waals surface area contributed by atoms with Gasteiger partial charge in [-0.15, -0.1) is 0 Å². The van der Waals surface area contributed by atoms with Crippen LogP contribution < -0.4 is 4.90 Å². The van der Waals surface area contributed by atoms with Crippen LogP contribution in [0.25, 0.3) is 0 Å². The van der Waals surface area contributed by atoms with Gasteiger partial charge in [0.05, 0.1) is 27.2 Å².